The SMILES string of the molecule is CC(C)c1ccc(S(=O)(=O)N2CCC(C(=O)N3CCCC(C(N)=O)C3)CC2)cc1. The van der Waals surface area contributed by atoms with E-state index in [-0.39, 0.29) is 23.7 Å². The number of piperidine rings is 2. The molecule has 0 bridgehead atoms. The normalized spacial score (nSPS) is 22.0. The van der Waals surface area contributed by atoms with Crippen LogP contribution in [0.1, 0.15) is 51.0 Å². The van der Waals surface area contributed by atoms with Crippen LogP contribution in [0.3, 0.4) is 0 Å². The van der Waals surface area contributed by atoms with E-state index in [1.54, 1.807) is 17.0 Å². The summed E-state index contributed by atoms with van der Waals surface area (Å²) in [5.41, 5.74) is 6.51. The Morgan fingerprint density at radius 3 is 2.17 bits per heavy atom. The summed E-state index contributed by atoms with van der Waals surface area (Å²) in [5, 5.41) is 0. The second-order valence-electron chi connectivity index (χ2n) is 8.43. The number of nitrogens with zero attached hydrogens (tertiary/aromatic N) is 2. The molecule has 2 N–H and O–H groups in total. The van der Waals surface area contributed by atoms with Crippen molar-refractivity contribution < 1.29 is 18.0 Å². The lowest BCUT2D eigenvalue weighted by molar-refractivity contribution is -0.139. The van der Waals surface area contributed by atoms with Crippen LogP contribution in [0, 0.1) is 11.8 Å². The summed E-state index contributed by atoms with van der Waals surface area (Å²) in [4.78, 5) is 26.3. The fraction of sp³-hybridized carbons (Fsp3) is 0.619. The molecule has 0 saturated carbocycles. The fourth-order valence-corrected chi connectivity index (χ4v) is 5.65. The zero-order valence-electron chi connectivity index (χ0n) is 17.2. The highest BCUT2D eigenvalue weighted by molar-refractivity contribution is 7.89. The van der Waals surface area contributed by atoms with E-state index in [1.807, 2.05) is 12.1 Å². The van der Waals surface area contributed by atoms with E-state index in [0.29, 0.717) is 49.8 Å². The third kappa shape index (κ3) is 4.80. The molecule has 0 aromatic heterocycles. The molecule has 3 rings (SSSR count). The predicted octanol–water partition coefficient (Wildman–Crippen LogP) is 1.93. The molecular weight excluding hydrogens is 390 g/mol. The number of rotatable bonds is 5. The van der Waals surface area contributed by atoms with Gasteiger partial charge in [0.1, 0.15) is 0 Å². The number of primary amides is 1. The summed E-state index contributed by atoms with van der Waals surface area (Å²) in [6, 6.07) is 7.05. The molecule has 1 aromatic rings. The monoisotopic (exact) mass is 421 g/mol. The molecule has 2 aliphatic heterocycles. The van der Waals surface area contributed by atoms with Crippen LogP contribution in [0.4, 0.5) is 0 Å². The number of carbonyl (C=O) groups excluding carboxylic acids is 2. The summed E-state index contributed by atoms with van der Waals surface area (Å²) >= 11 is 0. The van der Waals surface area contributed by atoms with Gasteiger partial charge in [0.25, 0.3) is 0 Å². The minimum atomic E-state index is -3.55. The number of amides is 2. The second-order valence-corrected chi connectivity index (χ2v) is 10.4. The first-order valence-electron chi connectivity index (χ1n) is 10.4. The van der Waals surface area contributed by atoms with Crippen LogP contribution in [0.15, 0.2) is 29.2 Å². The molecule has 0 aliphatic carbocycles. The molecule has 7 nitrogen and oxygen atoms in total. The summed E-state index contributed by atoms with van der Waals surface area (Å²) in [7, 11) is -3.55. The first-order valence-corrected chi connectivity index (χ1v) is 11.8. The van der Waals surface area contributed by atoms with E-state index in [1.165, 1.54) is 4.31 Å². The maximum Gasteiger partial charge on any atom is 0.243 e. The van der Waals surface area contributed by atoms with E-state index in [0.717, 1.165) is 18.4 Å². The van der Waals surface area contributed by atoms with E-state index < -0.39 is 10.0 Å². The van der Waals surface area contributed by atoms with Crippen LogP contribution in [0.25, 0.3) is 0 Å². The lowest BCUT2D eigenvalue weighted by Crippen LogP contribution is -2.48. The molecule has 29 heavy (non-hydrogen) atoms. The summed E-state index contributed by atoms with van der Waals surface area (Å²) in [6.07, 6.45) is 2.50. The van der Waals surface area contributed by atoms with Crippen LogP contribution >= 0.6 is 0 Å². The third-order valence-electron chi connectivity index (χ3n) is 6.12. The number of carbonyl (C=O) groups is 2. The van der Waals surface area contributed by atoms with Gasteiger partial charge in [-0.15, -0.1) is 0 Å². The largest absolute Gasteiger partial charge is 0.369 e. The van der Waals surface area contributed by atoms with Crippen LogP contribution in [-0.2, 0) is 19.6 Å². The Balaban J connectivity index is 1.60. The van der Waals surface area contributed by atoms with Crippen molar-refractivity contribution in [2.45, 2.75) is 50.3 Å². The highest BCUT2D eigenvalue weighted by atomic mass is 32.2. The maximum atomic E-state index is 12.9. The summed E-state index contributed by atoms with van der Waals surface area (Å²) < 4.78 is 27.4. The van der Waals surface area contributed by atoms with Crippen molar-refractivity contribution in [3.8, 4) is 0 Å². The van der Waals surface area contributed by atoms with Gasteiger partial charge in [0.15, 0.2) is 0 Å². The number of benzene rings is 1. The lowest BCUT2D eigenvalue weighted by Gasteiger charge is -2.36. The zero-order valence-corrected chi connectivity index (χ0v) is 18.0. The van der Waals surface area contributed by atoms with Gasteiger partial charge >= 0.3 is 0 Å². The Kier molecular flexibility index (Phi) is 6.63. The summed E-state index contributed by atoms with van der Waals surface area (Å²) in [5.74, 6) is -0.461. The van der Waals surface area contributed by atoms with Crippen LogP contribution in [-0.4, -0.2) is 55.6 Å². The van der Waals surface area contributed by atoms with E-state index in [4.69, 9.17) is 5.73 Å². The first-order chi connectivity index (χ1) is 13.7. The molecule has 2 heterocycles. The Bertz CT molecular complexity index is 843. The minimum absolute atomic E-state index is 0.0225. The van der Waals surface area contributed by atoms with Gasteiger partial charge in [-0.3, -0.25) is 9.59 Å². The molecule has 2 amide bonds. The number of sulfonamides is 1. The predicted molar refractivity (Wildman–Crippen MR) is 111 cm³/mol. The van der Waals surface area contributed by atoms with Gasteiger partial charge in [-0.25, -0.2) is 8.42 Å². The average molecular weight is 422 g/mol. The quantitative estimate of drug-likeness (QED) is 0.785. The average Bonchev–Trinajstić information content (AvgIpc) is 2.73. The molecule has 2 saturated heterocycles. The van der Waals surface area contributed by atoms with Crippen molar-refractivity contribution in [2.24, 2.45) is 17.6 Å². The zero-order chi connectivity index (χ0) is 21.2. The van der Waals surface area contributed by atoms with Gasteiger partial charge in [-0.2, -0.15) is 4.31 Å². The Hall–Kier alpha value is -1.93. The van der Waals surface area contributed by atoms with E-state index >= 15 is 0 Å². The second kappa shape index (κ2) is 8.83. The Morgan fingerprint density at radius 2 is 1.62 bits per heavy atom. The van der Waals surface area contributed by atoms with Crippen molar-refractivity contribution >= 4 is 21.8 Å². The molecule has 2 aliphatic rings. The van der Waals surface area contributed by atoms with Gasteiger partial charge in [0, 0.05) is 32.1 Å². The molecule has 2 fully saturated rings. The molecule has 1 aromatic carbocycles. The number of hydrogen-bond acceptors (Lipinski definition) is 4. The fourth-order valence-electron chi connectivity index (χ4n) is 4.18. The van der Waals surface area contributed by atoms with Crippen molar-refractivity contribution in [1.82, 2.24) is 9.21 Å². The van der Waals surface area contributed by atoms with Crippen molar-refractivity contribution in [1.29, 1.82) is 0 Å². The standard InChI is InChI=1S/C21H31N3O4S/c1-15(2)16-5-7-19(8-6-16)29(27,28)24-12-9-17(10-13-24)21(26)23-11-3-4-18(14-23)20(22)25/h5-8,15,17-18H,3-4,9-14H2,1-2H3,(H2,22,25). The van der Waals surface area contributed by atoms with E-state index in [2.05, 4.69) is 13.8 Å². The van der Waals surface area contributed by atoms with Crippen LogP contribution < -0.4 is 5.73 Å². The highest BCUT2D eigenvalue weighted by Gasteiger charge is 2.35. The number of hydrogen-bond donors (Lipinski definition) is 1. The van der Waals surface area contributed by atoms with Gasteiger partial charge in [-0.05, 0) is 49.3 Å². The van der Waals surface area contributed by atoms with Gasteiger partial charge in [0.05, 0.1) is 10.8 Å². The van der Waals surface area contributed by atoms with Crippen LogP contribution in [0.2, 0.25) is 0 Å². The molecule has 1 atom stereocenters. The molecule has 0 radical (unpaired) electrons. The van der Waals surface area contributed by atoms with Crippen molar-refractivity contribution in [2.75, 3.05) is 26.2 Å². The Morgan fingerprint density at radius 1 is 1.00 bits per heavy atom. The van der Waals surface area contributed by atoms with Gasteiger partial charge < -0.3 is 10.6 Å². The van der Waals surface area contributed by atoms with Gasteiger partial charge in [0.2, 0.25) is 21.8 Å². The topological polar surface area (TPSA) is 101 Å². The molecule has 8 heteroatoms. The lowest BCUT2D eigenvalue weighted by atomic mass is 9.92. The smallest absolute Gasteiger partial charge is 0.243 e. The Labute approximate surface area is 173 Å². The van der Waals surface area contributed by atoms with Crippen molar-refractivity contribution in [3.05, 3.63) is 29.8 Å². The van der Waals surface area contributed by atoms with Gasteiger partial charge in [-0.1, -0.05) is 26.0 Å². The molecule has 0 spiro atoms. The minimum Gasteiger partial charge on any atom is -0.369 e. The molecule has 160 valence electrons. The first kappa shape index (κ1) is 21.8. The number of likely N-dealkylation sites (tertiary alicyclic amines) is 1. The maximum absolute atomic E-state index is 12.9. The molecular formula is C21H31N3O4S. The summed E-state index contributed by atoms with van der Waals surface area (Å²) in [6.45, 7) is 5.83. The number of nitrogens with two attached hydrogens (primary N) is 1. The van der Waals surface area contributed by atoms with Crippen molar-refractivity contribution in [3.63, 3.8) is 0 Å². The van der Waals surface area contributed by atoms with Crippen LogP contribution in [0.5, 0.6) is 0 Å². The molecule has 1 unspecified atom stereocenters. The highest BCUT2D eigenvalue weighted by Crippen LogP contribution is 2.27. The van der Waals surface area contributed by atoms with E-state index in [9.17, 15) is 18.0 Å². The third-order valence-corrected chi connectivity index (χ3v) is 8.04.